The lowest BCUT2D eigenvalue weighted by atomic mass is 9.81. The molecule has 6 nitrogen and oxygen atoms in total. The summed E-state index contributed by atoms with van der Waals surface area (Å²) in [6.45, 7) is 4.21. The molecule has 0 bridgehead atoms. The fourth-order valence-corrected chi connectivity index (χ4v) is 2.97. The molecule has 146 valence electrons. The number of nitrogens with one attached hydrogen (secondary N) is 1. The topological polar surface area (TPSA) is 77.3 Å². The number of ether oxygens (including phenoxy) is 1. The summed E-state index contributed by atoms with van der Waals surface area (Å²) < 4.78 is 10.8. The molecule has 3 aromatic rings. The molecule has 0 aliphatic heterocycles. The summed E-state index contributed by atoms with van der Waals surface area (Å²) in [5.41, 5.74) is 1.48. The third-order valence-corrected chi connectivity index (χ3v) is 4.70. The molecular weight excluding hydrogens is 378 g/mol. The second kappa shape index (κ2) is 8.44. The first-order valence-corrected chi connectivity index (χ1v) is 9.25. The number of hydrogen-bond donors (Lipinski definition) is 1. The summed E-state index contributed by atoms with van der Waals surface area (Å²) in [4.78, 5) is 12.4. The smallest absolute Gasteiger partial charge is 0.247 e. The van der Waals surface area contributed by atoms with Gasteiger partial charge in [0.2, 0.25) is 17.7 Å². The van der Waals surface area contributed by atoms with Crippen molar-refractivity contribution in [2.45, 2.75) is 32.2 Å². The molecule has 2 aromatic carbocycles. The Morgan fingerprint density at radius 3 is 2.64 bits per heavy atom. The minimum atomic E-state index is -0.324. The highest BCUT2D eigenvalue weighted by Gasteiger charge is 2.24. The van der Waals surface area contributed by atoms with Crippen LogP contribution in [0.15, 0.2) is 52.9 Å². The largest absolute Gasteiger partial charge is 0.497 e. The van der Waals surface area contributed by atoms with E-state index in [0.717, 1.165) is 11.1 Å². The van der Waals surface area contributed by atoms with Crippen molar-refractivity contribution >= 4 is 17.5 Å². The van der Waals surface area contributed by atoms with Gasteiger partial charge in [-0.15, -0.1) is 10.2 Å². The molecular formula is C21H22ClN3O3. The van der Waals surface area contributed by atoms with E-state index in [1.165, 1.54) is 0 Å². The maximum atomic E-state index is 12.4. The van der Waals surface area contributed by atoms with E-state index in [-0.39, 0.29) is 17.9 Å². The molecule has 1 aromatic heterocycles. The zero-order valence-electron chi connectivity index (χ0n) is 16.0. The van der Waals surface area contributed by atoms with Crippen LogP contribution in [-0.4, -0.2) is 23.2 Å². The molecule has 28 heavy (non-hydrogen) atoms. The van der Waals surface area contributed by atoms with Crippen LogP contribution >= 0.6 is 11.6 Å². The maximum Gasteiger partial charge on any atom is 0.247 e. The SMILES string of the molecule is COc1cccc(-c2nnc(CNC(=O)CC(C)(C)c3ccc(Cl)cc3)o2)c1. The Morgan fingerprint density at radius 2 is 1.93 bits per heavy atom. The van der Waals surface area contributed by atoms with Crippen molar-refractivity contribution in [3.63, 3.8) is 0 Å². The van der Waals surface area contributed by atoms with Gasteiger partial charge in [-0.3, -0.25) is 4.79 Å². The monoisotopic (exact) mass is 399 g/mol. The van der Waals surface area contributed by atoms with E-state index in [0.29, 0.717) is 29.0 Å². The normalized spacial score (nSPS) is 11.3. The average molecular weight is 400 g/mol. The summed E-state index contributed by atoms with van der Waals surface area (Å²) in [5, 5.41) is 11.5. The predicted molar refractivity (Wildman–Crippen MR) is 107 cm³/mol. The summed E-state index contributed by atoms with van der Waals surface area (Å²) in [7, 11) is 1.60. The van der Waals surface area contributed by atoms with Crippen molar-refractivity contribution < 1.29 is 13.9 Å². The average Bonchev–Trinajstić information content (AvgIpc) is 3.15. The van der Waals surface area contributed by atoms with Crippen LogP contribution in [0.25, 0.3) is 11.5 Å². The predicted octanol–water partition coefficient (Wildman–Crippen LogP) is 4.38. The number of carbonyl (C=O) groups excluding carboxylic acids is 1. The molecule has 0 spiro atoms. The number of amides is 1. The van der Waals surface area contributed by atoms with Gasteiger partial charge in [-0.1, -0.05) is 43.6 Å². The molecule has 0 unspecified atom stereocenters. The first kappa shape index (κ1) is 19.9. The summed E-state index contributed by atoms with van der Waals surface area (Å²) in [6.07, 6.45) is 0.325. The zero-order chi connectivity index (χ0) is 20.1. The van der Waals surface area contributed by atoms with Gasteiger partial charge in [0.05, 0.1) is 13.7 Å². The van der Waals surface area contributed by atoms with Crippen LogP contribution in [0.5, 0.6) is 5.75 Å². The number of halogens is 1. The molecule has 0 radical (unpaired) electrons. The highest BCUT2D eigenvalue weighted by atomic mass is 35.5. The quantitative estimate of drug-likeness (QED) is 0.637. The van der Waals surface area contributed by atoms with Crippen LogP contribution in [-0.2, 0) is 16.8 Å². The Labute approximate surface area is 168 Å². The van der Waals surface area contributed by atoms with Gasteiger partial charge in [0.25, 0.3) is 0 Å². The number of aromatic nitrogens is 2. The fraction of sp³-hybridized carbons (Fsp3) is 0.286. The van der Waals surface area contributed by atoms with Gasteiger partial charge >= 0.3 is 0 Å². The van der Waals surface area contributed by atoms with Gasteiger partial charge in [-0.05, 0) is 41.3 Å². The van der Waals surface area contributed by atoms with E-state index in [4.69, 9.17) is 20.8 Å². The Bertz CT molecular complexity index is 952. The van der Waals surface area contributed by atoms with E-state index in [1.807, 2.05) is 62.4 Å². The minimum absolute atomic E-state index is 0.0962. The van der Waals surface area contributed by atoms with Gasteiger partial charge in [0.1, 0.15) is 5.75 Å². The third kappa shape index (κ3) is 4.89. The minimum Gasteiger partial charge on any atom is -0.497 e. The molecule has 1 heterocycles. The maximum absolute atomic E-state index is 12.4. The lowest BCUT2D eigenvalue weighted by molar-refractivity contribution is -0.122. The van der Waals surface area contributed by atoms with E-state index in [2.05, 4.69) is 15.5 Å². The van der Waals surface area contributed by atoms with Gasteiger partial charge in [0, 0.05) is 17.0 Å². The van der Waals surface area contributed by atoms with Crippen molar-refractivity contribution in [1.29, 1.82) is 0 Å². The van der Waals surface area contributed by atoms with Crippen molar-refractivity contribution in [3.8, 4) is 17.2 Å². The van der Waals surface area contributed by atoms with Gasteiger partial charge in [-0.25, -0.2) is 0 Å². The Kier molecular flexibility index (Phi) is 5.99. The molecule has 1 amide bonds. The van der Waals surface area contributed by atoms with Gasteiger partial charge in [0.15, 0.2) is 0 Å². The van der Waals surface area contributed by atoms with Crippen LogP contribution < -0.4 is 10.1 Å². The van der Waals surface area contributed by atoms with Crippen molar-refractivity contribution in [3.05, 3.63) is 65.0 Å². The first-order valence-electron chi connectivity index (χ1n) is 8.87. The van der Waals surface area contributed by atoms with Crippen molar-refractivity contribution in [2.24, 2.45) is 0 Å². The number of hydrogen-bond acceptors (Lipinski definition) is 5. The van der Waals surface area contributed by atoms with Crippen molar-refractivity contribution in [1.82, 2.24) is 15.5 Å². The first-order chi connectivity index (χ1) is 13.4. The number of methoxy groups -OCH3 is 1. The number of nitrogens with zero attached hydrogens (tertiary/aromatic N) is 2. The molecule has 7 heteroatoms. The van der Waals surface area contributed by atoms with Gasteiger partial charge in [-0.2, -0.15) is 0 Å². The third-order valence-electron chi connectivity index (χ3n) is 4.45. The molecule has 0 aliphatic rings. The fourth-order valence-electron chi connectivity index (χ4n) is 2.84. The van der Waals surface area contributed by atoms with E-state index in [1.54, 1.807) is 7.11 Å². The van der Waals surface area contributed by atoms with E-state index < -0.39 is 0 Å². The van der Waals surface area contributed by atoms with Crippen LogP contribution in [0.2, 0.25) is 5.02 Å². The van der Waals surface area contributed by atoms with Gasteiger partial charge < -0.3 is 14.5 Å². The molecule has 0 saturated carbocycles. The Morgan fingerprint density at radius 1 is 1.18 bits per heavy atom. The second-order valence-electron chi connectivity index (χ2n) is 7.08. The molecule has 0 saturated heterocycles. The standard InChI is InChI=1S/C21H22ClN3O3/c1-21(2,15-7-9-16(22)10-8-15)12-18(26)23-13-19-24-25-20(28-19)14-5-4-6-17(11-14)27-3/h4-11H,12-13H2,1-3H3,(H,23,26). The zero-order valence-corrected chi connectivity index (χ0v) is 16.8. The van der Waals surface area contributed by atoms with Crippen LogP contribution in [0.1, 0.15) is 31.7 Å². The van der Waals surface area contributed by atoms with E-state index in [9.17, 15) is 4.79 Å². The Hall–Kier alpha value is -2.86. The highest BCUT2D eigenvalue weighted by Crippen LogP contribution is 2.28. The van der Waals surface area contributed by atoms with E-state index >= 15 is 0 Å². The lowest BCUT2D eigenvalue weighted by Crippen LogP contribution is -2.30. The lowest BCUT2D eigenvalue weighted by Gasteiger charge is -2.24. The van der Waals surface area contributed by atoms with Crippen LogP contribution in [0, 0.1) is 0 Å². The Balaban J connectivity index is 1.59. The highest BCUT2D eigenvalue weighted by molar-refractivity contribution is 6.30. The second-order valence-corrected chi connectivity index (χ2v) is 7.51. The molecule has 3 rings (SSSR count). The molecule has 0 atom stereocenters. The summed E-state index contributed by atoms with van der Waals surface area (Å²) in [5.74, 6) is 1.33. The van der Waals surface area contributed by atoms with Crippen molar-refractivity contribution in [2.75, 3.05) is 7.11 Å². The van der Waals surface area contributed by atoms with Crippen LogP contribution in [0.3, 0.4) is 0 Å². The molecule has 0 aliphatic carbocycles. The number of carbonyl (C=O) groups is 1. The molecule has 0 fully saturated rings. The summed E-state index contributed by atoms with van der Waals surface area (Å²) >= 11 is 5.94. The van der Waals surface area contributed by atoms with Crippen LogP contribution in [0.4, 0.5) is 0 Å². The number of benzene rings is 2. The summed E-state index contributed by atoms with van der Waals surface area (Å²) in [6, 6.07) is 14.9. The molecule has 1 N–H and O–H groups in total. The number of rotatable bonds is 7.